The third-order valence-corrected chi connectivity index (χ3v) is 3.36. The van der Waals surface area contributed by atoms with E-state index in [0.717, 1.165) is 12.1 Å². The smallest absolute Gasteiger partial charge is 0.179 e. The van der Waals surface area contributed by atoms with Gasteiger partial charge in [-0.05, 0) is 25.0 Å². The fraction of sp³-hybridized carbons (Fsp3) is 0.429. The van der Waals surface area contributed by atoms with E-state index in [4.69, 9.17) is 0 Å². The van der Waals surface area contributed by atoms with E-state index in [1.54, 1.807) is 13.8 Å². The normalized spacial score (nSPS) is 16.7. The molecule has 0 atom stereocenters. The predicted molar refractivity (Wildman–Crippen MR) is 62.2 cm³/mol. The summed E-state index contributed by atoms with van der Waals surface area (Å²) in [4.78, 5) is 24.2. The molecule has 2 nitrogen and oxygen atoms in total. The predicted octanol–water partition coefficient (Wildman–Crippen LogP) is 3.15. The highest BCUT2D eigenvalue weighted by molar-refractivity contribution is 6.17. The summed E-state index contributed by atoms with van der Waals surface area (Å²) in [5, 5.41) is 0. The number of rotatable bonds is 4. The summed E-state index contributed by atoms with van der Waals surface area (Å²) in [5.74, 6) is -2.57. The summed E-state index contributed by atoms with van der Waals surface area (Å²) >= 11 is 0. The van der Waals surface area contributed by atoms with Crippen LogP contribution in [0.2, 0.25) is 0 Å². The van der Waals surface area contributed by atoms with Crippen molar-refractivity contribution in [2.45, 2.75) is 26.7 Å². The second-order valence-corrected chi connectivity index (χ2v) is 5.05. The van der Waals surface area contributed by atoms with Crippen LogP contribution in [0.25, 0.3) is 0 Å². The molecule has 1 aromatic carbocycles. The largest absolute Gasteiger partial charge is 0.298 e. The molecule has 1 aliphatic rings. The van der Waals surface area contributed by atoms with Crippen LogP contribution < -0.4 is 0 Å². The van der Waals surface area contributed by atoms with Crippen molar-refractivity contribution in [3.8, 4) is 0 Å². The second kappa shape index (κ2) is 4.26. The Balaban J connectivity index is 2.35. The van der Waals surface area contributed by atoms with Gasteiger partial charge in [0.25, 0.3) is 0 Å². The maximum atomic E-state index is 13.6. The molecule has 0 aromatic heterocycles. The van der Waals surface area contributed by atoms with Gasteiger partial charge in [-0.3, -0.25) is 9.59 Å². The van der Waals surface area contributed by atoms with Gasteiger partial charge in [-0.1, -0.05) is 13.8 Å². The van der Waals surface area contributed by atoms with Crippen LogP contribution in [-0.2, 0) is 4.79 Å². The van der Waals surface area contributed by atoms with E-state index < -0.39 is 22.8 Å². The van der Waals surface area contributed by atoms with Crippen LogP contribution >= 0.6 is 0 Å². The lowest BCUT2D eigenvalue weighted by Gasteiger charge is -2.15. The van der Waals surface area contributed by atoms with Gasteiger partial charge in [0, 0.05) is 12.0 Å². The molecule has 0 radical (unpaired) electrons. The monoisotopic (exact) mass is 252 g/mol. The molecule has 1 fully saturated rings. The number of carbonyl (C=O) groups is 2. The van der Waals surface area contributed by atoms with Crippen molar-refractivity contribution in [2.24, 2.45) is 11.3 Å². The van der Waals surface area contributed by atoms with Gasteiger partial charge in [-0.15, -0.1) is 0 Å². The topological polar surface area (TPSA) is 34.1 Å². The summed E-state index contributed by atoms with van der Waals surface area (Å²) < 4.78 is 26.3. The van der Waals surface area contributed by atoms with Gasteiger partial charge < -0.3 is 0 Å². The minimum absolute atomic E-state index is 0.156. The Morgan fingerprint density at radius 2 is 1.83 bits per heavy atom. The third-order valence-electron chi connectivity index (χ3n) is 3.36. The number of Topliss-reactive ketones (excluding diaryl/α,β-unsaturated/α-hetero) is 2. The molecule has 0 amide bonds. The Hall–Kier alpha value is -1.58. The fourth-order valence-corrected chi connectivity index (χ4v) is 2.19. The Labute approximate surface area is 104 Å². The minimum Gasteiger partial charge on any atom is -0.298 e. The molecule has 0 bridgehead atoms. The molecule has 1 aliphatic carbocycles. The Morgan fingerprint density at radius 1 is 1.22 bits per heavy atom. The zero-order valence-corrected chi connectivity index (χ0v) is 10.3. The maximum Gasteiger partial charge on any atom is 0.179 e. The Morgan fingerprint density at radius 3 is 2.28 bits per heavy atom. The van der Waals surface area contributed by atoms with E-state index in [2.05, 4.69) is 0 Å². The average molecular weight is 252 g/mol. The highest BCUT2D eigenvalue weighted by atomic mass is 19.1. The van der Waals surface area contributed by atoms with Crippen LogP contribution in [0.5, 0.6) is 0 Å². The quantitative estimate of drug-likeness (QED) is 0.609. The Bertz CT molecular complexity index is 517. The van der Waals surface area contributed by atoms with Crippen molar-refractivity contribution < 1.29 is 18.4 Å². The Kier molecular flexibility index (Phi) is 3.05. The van der Waals surface area contributed by atoms with Gasteiger partial charge in [0.2, 0.25) is 0 Å². The van der Waals surface area contributed by atoms with Crippen LogP contribution in [0, 0.1) is 23.0 Å². The summed E-state index contributed by atoms with van der Waals surface area (Å²) in [6.07, 6.45) is 0.916. The lowest BCUT2D eigenvalue weighted by atomic mass is 9.85. The molecule has 0 N–H and O–H groups in total. The number of carbonyl (C=O) groups excluding carboxylic acids is 2. The van der Waals surface area contributed by atoms with Crippen LogP contribution in [0.15, 0.2) is 18.2 Å². The first-order chi connectivity index (χ1) is 8.38. The zero-order valence-electron chi connectivity index (χ0n) is 10.3. The first-order valence-corrected chi connectivity index (χ1v) is 5.92. The van der Waals surface area contributed by atoms with Crippen molar-refractivity contribution in [1.82, 2.24) is 0 Å². The molecule has 0 aliphatic heterocycles. The first kappa shape index (κ1) is 12.9. The van der Waals surface area contributed by atoms with E-state index in [1.807, 2.05) is 0 Å². The summed E-state index contributed by atoms with van der Waals surface area (Å²) in [7, 11) is 0. The molecule has 2 rings (SSSR count). The minimum atomic E-state index is -1.06. The number of ketones is 2. The highest BCUT2D eigenvalue weighted by Crippen LogP contribution is 2.50. The summed E-state index contributed by atoms with van der Waals surface area (Å²) in [6, 6.07) is 2.82. The SMILES string of the molecule is CC(C)C(=O)C1(C(=O)c2ccc(F)cc2F)CC1. The molecule has 0 heterocycles. The summed E-state index contributed by atoms with van der Waals surface area (Å²) in [6.45, 7) is 3.44. The van der Waals surface area contributed by atoms with Crippen molar-refractivity contribution in [1.29, 1.82) is 0 Å². The number of hydrogen-bond acceptors (Lipinski definition) is 2. The average Bonchev–Trinajstić information content (AvgIpc) is 3.08. The number of halogens is 2. The number of hydrogen-bond donors (Lipinski definition) is 0. The van der Waals surface area contributed by atoms with Gasteiger partial charge in [0.15, 0.2) is 5.78 Å². The molecular formula is C14H14F2O2. The zero-order chi connectivity index (χ0) is 13.5. The number of benzene rings is 1. The summed E-state index contributed by atoms with van der Waals surface area (Å²) in [5.41, 5.74) is -1.25. The molecule has 1 aromatic rings. The van der Waals surface area contributed by atoms with Crippen LogP contribution in [-0.4, -0.2) is 11.6 Å². The molecule has 0 spiro atoms. The molecule has 0 saturated heterocycles. The molecule has 4 heteroatoms. The van der Waals surface area contributed by atoms with Crippen molar-refractivity contribution in [2.75, 3.05) is 0 Å². The molecule has 1 saturated carbocycles. The van der Waals surface area contributed by atoms with E-state index in [9.17, 15) is 18.4 Å². The van der Waals surface area contributed by atoms with E-state index in [0.29, 0.717) is 18.9 Å². The molecular weight excluding hydrogens is 238 g/mol. The molecule has 0 unspecified atom stereocenters. The van der Waals surface area contributed by atoms with Gasteiger partial charge in [0.1, 0.15) is 17.4 Å². The first-order valence-electron chi connectivity index (χ1n) is 5.92. The van der Waals surface area contributed by atoms with Gasteiger partial charge >= 0.3 is 0 Å². The van der Waals surface area contributed by atoms with E-state index in [1.165, 1.54) is 0 Å². The van der Waals surface area contributed by atoms with Gasteiger partial charge in [0.05, 0.1) is 11.0 Å². The van der Waals surface area contributed by atoms with Crippen molar-refractivity contribution in [3.63, 3.8) is 0 Å². The highest BCUT2D eigenvalue weighted by Gasteiger charge is 2.56. The standard InChI is InChI=1S/C14H14F2O2/c1-8(2)12(17)14(5-6-14)13(18)10-4-3-9(15)7-11(10)16/h3-4,7-8H,5-6H2,1-2H3. The lowest BCUT2D eigenvalue weighted by molar-refractivity contribution is -0.125. The van der Waals surface area contributed by atoms with Crippen molar-refractivity contribution in [3.05, 3.63) is 35.4 Å². The molecule has 18 heavy (non-hydrogen) atoms. The van der Waals surface area contributed by atoms with Crippen molar-refractivity contribution >= 4 is 11.6 Å². The van der Waals surface area contributed by atoms with Gasteiger partial charge in [-0.25, -0.2) is 8.78 Å². The van der Waals surface area contributed by atoms with Crippen LogP contribution in [0.3, 0.4) is 0 Å². The van der Waals surface area contributed by atoms with Gasteiger partial charge in [-0.2, -0.15) is 0 Å². The van der Waals surface area contributed by atoms with E-state index in [-0.39, 0.29) is 17.3 Å². The van der Waals surface area contributed by atoms with E-state index >= 15 is 0 Å². The third kappa shape index (κ3) is 1.96. The molecule has 96 valence electrons. The maximum absolute atomic E-state index is 13.6. The van der Waals surface area contributed by atoms with Crippen LogP contribution in [0.4, 0.5) is 8.78 Å². The lowest BCUT2D eigenvalue weighted by Crippen LogP contribution is -2.30. The van der Waals surface area contributed by atoms with Crippen LogP contribution in [0.1, 0.15) is 37.0 Å². The second-order valence-electron chi connectivity index (χ2n) is 5.05. The fourth-order valence-electron chi connectivity index (χ4n) is 2.19.